The summed E-state index contributed by atoms with van der Waals surface area (Å²) in [4.78, 5) is 15.5. The molecule has 0 aromatic heterocycles. The number of anilines is 1. The molecular weight excluding hydrogens is 345 g/mol. The topological polar surface area (TPSA) is 69.7 Å². The largest absolute Gasteiger partial charge is 0.366 e. The number of carbonyl (C=O) groups is 1. The van der Waals surface area contributed by atoms with Crippen molar-refractivity contribution in [1.29, 1.82) is 0 Å². The standard InChI is InChI=1S/C17H18FN3O3S/c18-15-8-4-5-9-16(15)20-10-12-21(13-11-20)17(22)19-25(23,24)14-6-2-1-3-7-14/h1-9H,10-13H2,(H,19,22). The number of sulfonamides is 1. The first-order valence-corrected chi connectivity index (χ1v) is 9.32. The number of hydrogen-bond acceptors (Lipinski definition) is 4. The highest BCUT2D eigenvalue weighted by atomic mass is 32.2. The maximum Gasteiger partial charge on any atom is 0.331 e. The second-order valence-electron chi connectivity index (χ2n) is 5.65. The van der Waals surface area contributed by atoms with Crippen LogP contribution >= 0.6 is 0 Å². The van der Waals surface area contributed by atoms with Crippen LogP contribution in [0.2, 0.25) is 0 Å². The number of halogens is 1. The predicted octanol–water partition coefficient (Wildman–Crippen LogP) is 2.05. The van der Waals surface area contributed by atoms with Gasteiger partial charge in [0.1, 0.15) is 5.82 Å². The second-order valence-corrected chi connectivity index (χ2v) is 7.33. The highest BCUT2D eigenvalue weighted by Gasteiger charge is 2.26. The van der Waals surface area contributed by atoms with E-state index in [1.165, 1.54) is 23.1 Å². The summed E-state index contributed by atoms with van der Waals surface area (Å²) in [7, 11) is -3.90. The van der Waals surface area contributed by atoms with Crippen molar-refractivity contribution in [2.75, 3.05) is 31.1 Å². The molecule has 1 saturated heterocycles. The maximum atomic E-state index is 13.8. The minimum absolute atomic E-state index is 0.0355. The molecule has 2 aromatic carbocycles. The number of urea groups is 1. The average molecular weight is 363 g/mol. The Morgan fingerprint density at radius 1 is 0.920 bits per heavy atom. The van der Waals surface area contributed by atoms with Crippen LogP contribution in [0.5, 0.6) is 0 Å². The Bertz CT molecular complexity index is 850. The van der Waals surface area contributed by atoms with E-state index in [9.17, 15) is 17.6 Å². The van der Waals surface area contributed by atoms with Gasteiger partial charge in [-0.2, -0.15) is 0 Å². The van der Waals surface area contributed by atoms with Gasteiger partial charge in [0.25, 0.3) is 10.0 Å². The summed E-state index contributed by atoms with van der Waals surface area (Å²) in [5.74, 6) is -0.313. The zero-order valence-electron chi connectivity index (χ0n) is 13.4. The first-order valence-electron chi connectivity index (χ1n) is 7.83. The van der Waals surface area contributed by atoms with Crippen molar-refractivity contribution in [3.63, 3.8) is 0 Å². The van der Waals surface area contributed by atoms with Crippen molar-refractivity contribution in [3.05, 3.63) is 60.4 Å². The molecule has 2 aromatic rings. The molecule has 0 saturated carbocycles. The third kappa shape index (κ3) is 3.90. The van der Waals surface area contributed by atoms with E-state index >= 15 is 0 Å². The molecule has 1 fully saturated rings. The quantitative estimate of drug-likeness (QED) is 0.906. The second kappa shape index (κ2) is 7.10. The molecule has 132 valence electrons. The van der Waals surface area contributed by atoms with E-state index < -0.39 is 16.1 Å². The number of para-hydroxylation sites is 1. The monoisotopic (exact) mass is 363 g/mol. The summed E-state index contributed by atoms with van der Waals surface area (Å²) >= 11 is 0. The fraction of sp³-hybridized carbons (Fsp3) is 0.235. The third-order valence-corrected chi connectivity index (χ3v) is 5.37. The van der Waals surface area contributed by atoms with E-state index in [1.807, 2.05) is 4.90 Å². The lowest BCUT2D eigenvalue weighted by atomic mass is 10.2. The van der Waals surface area contributed by atoms with Gasteiger partial charge in [-0.1, -0.05) is 30.3 Å². The predicted molar refractivity (Wildman–Crippen MR) is 92.3 cm³/mol. The minimum Gasteiger partial charge on any atom is -0.366 e. The van der Waals surface area contributed by atoms with E-state index in [1.54, 1.807) is 36.4 Å². The summed E-state index contributed by atoms with van der Waals surface area (Å²) in [6.07, 6.45) is 0. The molecule has 0 atom stereocenters. The molecule has 1 N–H and O–H groups in total. The van der Waals surface area contributed by atoms with E-state index in [-0.39, 0.29) is 10.7 Å². The molecule has 2 amide bonds. The van der Waals surface area contributed by atoms with E-state index in [0.29, 0.717) is 31.9 Å². The Balaban J connectivity index is 1.61. The van der Waals surface area contributed by atoms with Crippen LogP contribution in [0.1, 0.15) is 0 Å². The number of rotatable bonds is 3. The van der Waals surface area contributed by atoms with Crippen LogP contribution in [0.15, 0.2) is 59.5 Å². The van der Waals surface area contributed by atoms with Crippen LogP contribution in [-0.2, 0) is 10.0 Å². The zero-order chi connectivity index (χ0) is 17.9. The molecule has 6 nitrogen and oxygen atoms in total. The Morgan fingerprint density at radius 3 is 2.16 bits per heavy atom. The van der Waals surface area contributed by atoms with Gasteiger partial charge in [0.2, 0.25) is 0 Å². The number of hydrogen-bond donors (Lipinski definition) is 1. The smallest absolute Gasteiger partial charge is 0.331 e. The van der Waals surface area contributed by atoms with E-state index in [2.05, 4.69) is 4.72 Å². The molecule has 25 heavy (non-hydrogen) atoms. The van der Waals surface area contributed by atoms with Gasteiger partial charge in [-0.3, -0.25) is 0 Å². The molecule has 1 aliphatic heterocycles. The zero-order valence-corrected chi connectivity index (χ0v) is 14.2. The molecule has 0 spiro atoms. The fourth-order valence-corrected chi connectivity index (χ4v) is 3.69. The summed E-state index contributed by atoms with van der Waals surface area (Å²) in [5, 5.41) is 0. The van der Waals surface area contributed by atoms with E-state index in [0.717, 1.165) is 0 Å². The summed E-state index contributed by atoms with van der Waals surface area (Å²) in [6, 6.07) is 13.5. The van der Waals surface area contributed by atoms with Crippen LogP contribution in [-0.4, -0.2) is 45.5 Å². The van der Waals surface area contributed by atoms with Crippen LogP contribution in [0.4, 0.5) is 14.9 Å². The highest BCUT2D eigenvalue weighted by Crippen LogP contribution is 2.20. The third-order valence-electron chi connectivity index (χ3n) is 4.04. The van der Waals surface area contributed by atoms with Gasteiger partial charge in [0.05, 0.1) is 10.6 Å². The molecule has 0 aliphatic carbocycles. The van der Waals surface area contributed by atoms with Crippen LogP contribution in [0.3, 0.4) is 0 Å². The van der Waals surface area contributed by atoms with Gasteiger partial charge in [0, 0.05) is 26.2 Å². The van der Waals surface area contributed by atoms with Gasteiger partial charge in [-0.25, -0.2) is 22.3 Å². The van der Waals surface area contributed by atoms with Crippen LogP contribution < -0.4 is 9.62 Å². The average Bonchev–Trinajstić information content (AvgIpc) is 2.63. The molecule has 3 rings (SSSR count). The minimum atomic E-state index is -3.90. The van der Waals surface area contributed by atoms with Crippen LogP contribution in [0.25, 0.3) is 0 Å². The molecule has 8 heteroatoms. The van der Waals surface area contributed by atoms with Gasteiger partial charge in [-0.15, -0.1) is 0 Å². The number of benzene rings is 2. The fourth-order valence-electron chi connectivity index (χ4n) is 2.70. The van der Waals surface area contributed by atoms with Gasteiger partial charge < -0.3 is 9.80 Å². The Morgan fingerprint density at radius 2 is 1.52 bits per heavy atom. The molecule has 0 radical (unpaired) electrons. The first-order chi connectivity index (χ1) is 12.0. The lowest BCUT2D eigenvalue weighted by Crippen LogP contribution is -2.52. The molecule has 0 bridgehead atoms. The summed E-state index contributed by atoms with van der Waals surface area (Å²) in [6.45, 7) is 1.48. The number of nitrogens with one attached hydrogen (secondary N) is 1. The summed E-state index contributed by atoms with van der Waals surface area (Å²) in [5.41, 5.74) is 0.486. The van der Waals surface area contributed by atoms with Crippen molar-refractivity contribution in [3.8, 4) is 0 Å². The molecule has 0 unspecified atom stereocenters. The molecule has 1 aliphatic rings. The van der Waals surface area contributed by atoms with Crippen molar-refractivity contribution in [2.45, 2.75) is 4.90 Å². The number of nitrogens with zero attached hydrogens (tertiary/aromatic N) is 2. The lowest BCUT2D eigenvalue weighted by molar-refractivity contribution is 0.200. The number of piperazine rings is 1. The van der Waals surface area contributed by atoms with E-state index in [4.69, 9.17) is 0 Å². The van der Waals surface area contributed by atoms with Crippen molar-refractivity contribution in [2.24, 2.45) is 0 Å². The number of amides is 2. The van der Waals surface area contributed by atoms with Crippen molar-refractivity contribution < 1.29 is 17.6 Å². The Labute approximate surface area is 145 Å². The van der Waals surface area contributed by atoms with Crippen LogP contribution in [0, 0.1) is 5.82 Å². The Kier molecular flexibility index (Phi) is 4.89. The van der Waals surface area contributed by atoms with Gasteiger partial charge in [0.15, 0.2) is 0 Å². The maximum absolute atomic E-state index is 13.8. The molecule has 1 heterocycles. The first kappa shape index (κ1) is 17.2. The Hall–Kier alpha value is -2.61. The van der Waals surface area contributed by atoms with Gasteiger partial charge in [-0.05, 0) is 24.3 Å². The number of carbonyl (C=O) groups excluding carboxylic acids is 1. The normalized spacial score (nSPS) is 15.1. The van der Waals surface area contributed by atoms with Crippen molar-refractivity contribution >= 4 is 21.7 Å². The molecular formula is C17H18FN3O3S. The summed E-state index contributed by atoms with van der Waals surface area (Å²) < 4.78 is 40.3. The van der Waals surface area contributed by atoms with Crippen molar-refractivity contribution in [1.82, 2.24) is 9.62 Å². The SMILES string of the molecule is O=C(NS(=O)(=O)c1ccccc1)N1CCN(c2ccccc2F)CC1. The lowest BCUT2D eigenvalue weighted by Gasteiger charge is -2.36. The highest BCUT2D eigenvalue weighted by molar-refractivity contribution is 7.90. The van der Waals surface area contributed by atoms with Gasteiger partial charge >= 0.3 is 6.03 Å².